The van der Waals surface area contributed by atoms with Crippen LogP contribution in [0.15, 0.2) is 65.6 Å². The minimum Gasteiger partial charge on any atom is -0.356 e. The quantitative estimate of drug-likeness (QED) is 0.520. The van der Waals surface area contributed by atoms with Gasteiger partial charge in [-0.2, -0.15) is 0 Å². The first kappa shape index (κ1) is 19.2. The summed E-state index contributed by atoms with van der Waals surface area (Å²) in [6, 6.07) is 20.3. The van der Waals surface area contributed by atoms with Crippen molar-refractivity contribution in [2.45, 2.75) is 31.2 Å². The standard InChI is InChI=1S/C24H24N4OS/c1-17-11-12-18-7-6-10-22(20(18)15-17)30(29)25-16-23-26-21-9-3-2-8-19(21)24(27-23)28-13-4-5-14-28/h2-3,6-12,15,25H,4-5,13-14,16H2,1H3. The third kappa shape index (κ3) is 3.68. The molecule has 4 aromatic rings. The van der Waals surface area contributed by atoms with Crippen molar-refractivity contribution in [3.63, 3.8) is 0 Å². The van der Waals surface area contributed by atoms with Crippen LogP contribution in [0.2, 0.25) is 0 Å². The molecule has 2 heterocycles. The van der Waals surface area contributed by atoms with Crippen LogP contribution >= 0.6 is 0 Å². The first-order valence-corrected chi connectivity index (χ1v) is 11.5. The van der Waals surface area contributed by atoms with Crippen molar-refractivity contribution in [2.24, 2.45) is 0 Å². The van der Waals surface area contributed by atoms with Crippen molar-refractivity contribution in [3.05, 3.63) is 72.1 Å². The summed E-state index contributed by atoms with van der Waals surface area (Å²) in [6.45, 7) is 4.44. The van der Waals surface area contributed by atoms with Crippen LogP contribution in [0.25, 0.3) is 21.7 Å². The van der Waals surface area contributed by atoms with Gasteiger partial charge >= 0.3 is 0 Å². The lowest BCUT2D eigenvalue weighted by Gasteiger charge is -2.19. The molecular formula is C24H24N4OS. The normalized spacial score (nSPS) is 15.2. The molecule has 1 aliphatic heterocycles. The van der Waals surface area contributed by atoms with Gasteiger partial charge in [0.1, 0.15) is 22.6 Å². The van der Waals surface area contributed by atoms with Gasteiger partial charge in [-0.05, 0) is 48.7 Å². The molecule has 0 bridgehead atoms. The Labute approximate surface area is 178 Å². The van der Waals surface area contributed by atoms with Gasteiger partial charge in [0, 0.05) is 18.5 Å². The fraction of sp³-hybridized carbons (Fsp3) is 0.250. The van der Waals surface area contributed by atoms with Gasteiger partial charge in [0.05, 0.1) is 17.0 Å². The van der Waals surface area contributed by atoms with Crippen molar-refractivity contribution in [1.82, 2.24) is 14.7 Å². The van der Waals surface area contributed by atoms with Gasteiger partial charge in [0.25, 0.3) is 0 Å². The number of fused-ring (bicyclic) bond motifs is 2. The largest absolute Gasteiger partial charge is 0.356 e. The number of aryl methyl sites for hydroxylation is 1. The lowest BCUT2D eigenvalue weighted by molar-refractivity contribution is 0.669. The highest BCUT2D eigenvalue weighted by Gasteiger charge is 2.18. The summed E-state index contributed by atoms with van der Waals surface area (Å²) >= 11 is 0. The molecule has 0 amide bonds. The van der Waals surface area contributed by atoms with Crippen LogP contribution in [0.3, 0.4) is 0 Å². The molecule has 0 spiro atoms. The zero-order valence-electron chi connectivity index (χ0n) is 17.0. The SMILES string of the molecule is Cc1ccc2cccc(S(=O)NCc3nc(N4CCCC4)c4ccccc4n3)c2c1. The van der Waals surface area contributed by atoms with Crippen LogP contribution in [-0.4, -0.2) is 27.3 Å². The number of anilines is 1. The summed E-state index contributed by atoms with van der Waals surface area (Å²) < 4.78 is 16.2. The molecule has 3 aromatic carbocycles. The van der Waals surface area contributed by atoms with E-state index in [2.05, 4.69) is 40.8 Å². The van der Waals surface area contributed by atoms with Gasteiger partial charge in [0.2, 0.25) is 0 Å². The summed E-state index contributed by atoms with van der Waals surface area (Å²) in [4.78, 5) is 12.7. The van der Waals surface area contributed by atoms with Crippen molar-refractivity contribution < 1.29 is 4.21 Å². The van der Waals surface area contributed by atoms with Gasteiger partial charge in [-0.3, -0.25) is 0 Å². The molecule has 6 heteroatoms. The molecule has 1 atom stereocenters. The fourth-order valence-electron chi connectivity index (χ4n) is 4.08. The van der Waals surface area contributed by atoms with E-state index in [0.29, 0.717) is 12.4 Å². The molecule has 30 heavy (non-hydrogen) atoms. The van der Waals surface area contributed by atoms with Gasteiger partial charge in [-0.1, -0.05) is 48.0 Å². The lowest BCUT2D eigenvalue weighted by Crippen LogP contribution is -2.23. The van der Waals surface area contributed by atoms with Crippen LogP contribution in [0, 0.1) is 6.92 Å². The zero-order chi connectivity index (χ0) is 20.5. The molecule has 5 nitrogen and oxygen atoms in total. The van der Waals surface area contributed by atoms with E-state index in [-0.39, 0.29) is 0 Å². The number of para-hydroxylation sites is 1. The number of rotatable bonds is 5. The molecule has 1 saturated heterocycles. The topological polar surface area (TPSA) is 58.1 Å². The minimum absolute atomic E-state index is 0.348. The molecule has 5 rings (SSSR count). The van der Waals surface area contributed by atoms with Gasteiger partial charge < -0.3 is 4.90 Å². The van der Waals surface area contributed by atoms with Crippen molar-refractivity contribution in [2.75, 3.05) is 18.0 Å². The maximum absolute atomic E-state index is 13.1. The third-order valence-corrected chi connectivity index (χ3v) is 6.76. The van der Waals surface area contributed by atoms with E-state index in [9.17, 15) is 4.21 Å². The molecule has 1 N–H and O–H groups in total. The highest BCUT2D eigenvalue weighted by Crippen LogP contribution is 2.27. The van der Waals surface area contributed by atoms with Crippen LogP contribution in [0.5, 0.6) is 0 Å². The first-order valence-electron chi connectivity index (χ1n) is 10.3. The predicted molar refractivity (Wildman–Crippen MR) is 123 cm³/mol. The molecule has 0 saturated carbocycles. The molecule has 1 unspecified atom stereocenters. The molecular weight excluding hydrogens is 392 g/mol. The number of nitrogens with one attached hydrogen (secondary N) is 1. The summed E-state index contributed by atoms with van der Waals surface area (Å²) in [5.74, 6) is 1.65. The van der Waals surface area contributed by atoms with E-state index < -0.39 is 11.0 Å². The summed E-state index contributed by atoms with van der Waals surface area (Å²) in [7, 11) is -1.35. The number of nitrogens with zero attached hydrogens (tertiary/aromatic N) is 3. The highest BCUT2D eigenvalue weighted by molar-refractivity contribution is 7.83. The number of hydrogen-bond donors (Lipinski definition) is 1. The maximum Gasteiger partial charge on any atom is 0.146 e. The van der Waals surface area contributed by atoms with Gasteiger partial charge in [0.15, 0.2) is 0 Å². The van der Waals surface area contributed by atoms with Crippen LogP contribution in [0.4, 0.5) is 5.82 Å². The zero-order valence-corrected chi connectivity index (χ0v) is 17.8. The van der Waals surface area contributed by atoms with E-state index in [0.717, 1.165) is 51.0 Å². The molecule has 1 aliphatic rings. The molecule has 1 aromatic heterocycles. The summed E-state index contributed by atoms with van der Waals surface area (Å²) in [5.41, 5.74) is 2.08. The Bertz CT molecular complexity index is 1250. The molecule has 0 aliphatic carbocycles. The third-order valence-electron chi connectivity index (χ3n) is 5.59. The summed E-state index contributed by atoms with van der Waals surface area (Å²) in [5, 5.41) is 3.18. The number of aromatic nitrogens is 2. The monoisotopic (exact) mass is 416 g/mol. The van der Waals surface area contributed by atoms with Crippen molar-refractivity contribution in [3.8, 4) is 0 Å². The number of hydrogen-bond acceptors (Lipinski definition) is 4. The summed E-state index contributed by atoms with van der Waals surface area (Å²) in [6.07, 6.45) is 2.38. The minimum atomic E-state index is -1.35. The highest BCUT2D eigenvalue weighted by atomic mass is 32.2. The predicted octanol–water partition coefficient (Wildman–Crippen LogP) is 4.50. The average molecular weight is 417 g/mol. The second-order valence-corrected chi connectivity index (χ2v) is 9.01. The Balaban J connectivity index is 1.44. The Hall–Kier alpha value is -2.83. The van der Waals surface area contributed by atoms with Gasteiger partial charge in [-0.25, -0.2) is 18.9 Å². The van der Waals surface area contributed by atoms with Crippen LogP contribution in [-0.2, 0) is 17.5 Å². The second kappa shape index (κ2) is 8.13. The molecule has 0 radical (unpaired) electrons. The van der Waals surface area contributed by atoms with Crippen molar-refractivity contribution >= 4 is 38.5 Å². The number of benzene rings is 3. The smallest absolute Gasteiger partial charge is 0.146 e. The Morgan fingerprint density at radius 3 is 2.67 bits per heavy atom. The fourth-order valence-corrected chi connectivity index (χ4v) is 5.08. The average Bonchev–Trinajstić information content (AvgIpc) is 3.31. The lowest BCUT2D eigenvalue weighted by atomic mass is 10.1. The molecule has 152 valence electrons. The Morgan fingerprint density at radius 1 is 0.967 bits per heavy atom. The van der Waals surface area contributed by atoms with Crippen LogP contribution in [0.1, 0.15) is 24.2 Å². The van der Waals surface area contributed by atoms with E-state index in [4.69, 9.17) is 9.97 Å². The van der Waals surface area contributed by atoms with E-state index in [1.165, 1.54) is 12.8 Å². The molecule has 1 fully saturated rings. The second-order valence-electron chi connectivity index (χ2n) is 7.75. The van der Waals surface area contributed by atoms with E-state index in [1.807, 2.05) is 36.4 Å². The Kier molecular flexibility index (Phi) is 5.19. The van der Waals surface area contributed by atoms with Crippen molar-refractivity contribution in [1.29, 1.82) is 0 Å². The first-order chi connectivity index (χ1) is 14.7. The van der Waals surface area contributed by atoms with Crippen LogP contribution < -0.4 is 9.62 Å². The Morgan fingerprint density at radius 2 is 1.80 bits per heavy atom. The van der Waals surface area contributed by atoms with E-state index >= 15 is 0 Å². The van der Waals surface area contributed by atoms with Gasteiger partial charge in [-0.15, -0.1) is 0 Å². The maximum atomic E-state index is 13.1. The van der Waals surface area contributed by atoms with E-state index in [1.54, 1.807) is 0 Å².